The van der Waals surface area contributed by atoms with Gasteiger partial charge in [-0.15, -0.1) is 0 Å². The molecule has 1 N–H and O–H groups in total. The second-order valence-electron chi connectivity index (χ2n) is 4.87. The van der Waals surface area contributed by atoms with E-state index in [-0.39, 0.29) is 0 Å². The molecule has 0 aliphatic heterocycles. The number of hydrogen-bond acceptors (Lipinski definition) is 1. The molecule has 1 aliphatic rings. The minimum absolute atomic E-state index is 0.628. The van der Waals surface area contributed by atoms with Gasteiger partial charge in [-0.25, -0.2) is 0 Å². The van der Waals surface area contributed by atoms with E-state index in [1.807, 2.05) is 12.1 Å². The van der Waals surface area contributed by atoms with Gasteiger partial charge in [0.1, 0.15) is 0 Å². The average molecular weight is 258 g/mol. The number of halogens is 1. The van der Waals surface area contributed by atoms with Crippen LogP contribution in [0, 0.1) is 0 Å². The molecule has 0 amide bonds. The lowest BCUT2D eigenvalue weighted by molar-refractivity contribution is 0.673. The van der Waals surface area contributed by atoms with Gasteiger partial charge < -0.3 is 5.32 Å². The summed E-state index contributed by atoms with van der Waals surface area (Å²) in [7, 11) is 0. The van der Waals surface area contributed by atoms with Crippen molar-refractivity contribution >= 4 is 11.6 Å². The summed E-state index contributed by atoms with van der Waals surface area (Å²) in [5.74, 6) is 0.693. The SMILES string of the molecule is Clc1ccc(CN[C@H]2C[C@@H]2c2ccccc2)cc1. The maximum atomic E-state index is 5.87. The van der Waals surface area contributed by atoms with Crippen LogP contribution in [0.4, 0.5) is 0 Å². The van der Waals surface area contributed by atoms with Crippen LogP contribution in [-0.4, -0.2) is 6.04 Å². The van der Waals surface area contributed by atoms with Gasteiger partial charge in [0.25, 0.3) is 0 Å². The second-order valence-corrected chi connectivity index (χ2v) is 5.30. The Kier molecular flexibility index (Phi) is 3.35. The van der Waals surface area contributed by atoms with E-state index in [4.69, 9.17) is 11.6 Å². The molecule has 3 rings (SSSR count). The molecule has 0 unspecified atom stereocenters. The summed E-state index contributed by atoms with van der Waals surface area (Å²) >= 11 is 5.87. The van der Waals surface area contributed by atoms with Crippen molar-refractivity contribution in [3.8, 4) is 0 Å². The summed E-state index contributed by atoms with van der Waals surface area (Å²) in [4.78, 5) is 0. The fraction of sp³-hybridized carbons (Fsp3) is 0.250. The van der Waals surface area contributed by atoms with E-state index in [1.165, 1.54) is 17.5 Å². The van der Waals surface area contributed by atoms with Gasteiger partial charge in [0.2, 0.25) is 0 Å². The Labute approximate surface area is 113 Å². The van der Waals surface area contributed by atoms with E-state index in [1.54, 1.807) is 0 Å². The fourth-order valence-corrected chi connectivity index (χ4v) is 2.47. The van der Waals surface area contributed by atoms with Gasteiger partial charge in [-0.1, -0.05) is 54.1 Å². The summed E-state index contributed by atoms with van der Waals surface area (Å²) in [5, 5.41) is 4.40. The summed E-state index contributed by atoms with van der Waals surface area (Å²) < 4.78 is 0. The van der Waals surface area contributed by atoms with Crippen molar-refractivity contribution in [2.75, 3.05) is 0 Å². The number of benzene rings is 2. The van der Waals surface area contributed by atoms with E-state index in [0.717, 1.165) is 11.6 Å². The first-order chi connectivity index (χ1) is 8.83. The highest BCUT2D eigenvalue weighted by Crippen LogP contribution is 2.40. The molecule has 18 heavy (non-hydrogen) atoms. The smallest absolute Gasteiger partial charge is 0.0406 e. The normalized spacial score (nSPS) is 21.8. The van der Waals surface area contributed by atoms with Crippen LogP contribution in [0.25, 0.3) is 0 Å². The molecule has 1 aliphatic carbocycles. The summed E-state index contributed by atoms with van der Waals surface area (Å²) in [6.07, 6.45) is 1.25. The Bertz CT molecular complexity index is 506. The highest BCUT2D eigenvalue weighted by atomic mass is 35.5. The van der Waals surface area contributed by atoms with Crippen LogP contribution < -0.4 is 5.32 Å². The Morgan fingerprint density at radius 1 is 1.00 bits per heavy atom. The van der Waals surface area contributed by atoms with Crippen LogP contribution in [0.15, 0.2) is 54.6 Å². The Morgan fingerprint density at radius 2 is 1.72 bits per heavy atom. The van der Waals surface area contributed by atoms with E-state index in [9.17, 15) is 0 Å². The summed E-state index contributed by atoms with van der Waals surface area (Å²) in [6, 6.07) is 19.4. The topological polar surface area (TPSA) is 12.0 Å². The highest BCUT2D eigenvalue weighted by molar-refractivity contribution is 6.30. The molecule has 0 saturated heterocycles. The maximum Gasteiger partial charge on any atom is 0.0406 e. The van der Waals surface area contributed by atoms with E-state index in [2.05, 4.69) is 47.8 Å². The number of rotatable bonds is 4. The molecule has 0 heterocycles. The molecule has 0 aromatic heterocycles. The molecule has 1 nitrogen and oxygen atoms in total. The lowest BCUT2D eigenvalue weighted by Crippen LogP contribution is -2.17. The predicted octanol–water partition coefficient (Wildman–Crippen LogP) is 3.99. The highest BCUT2D eigenvalue weighted by Gasteiger charge is 2.37. The molecular formula is C16H16ClN. The molecule has 1 saturated carbocycles. The molecule has 2 aromatic rings. The monoisotopic (exact) mass is 257 g/mol. The quantitative estimate of drug-likeness (QED) is 0.874. The van der Waals surface area contributed by atoms with Crippen LogP contribution in [0.2, 0.25) is 5.02 Å². The van der Waals surface area contributed by atoms with Gasteiger partial charge >= 0.3 is 0 Å². The molecule has 1 fully saturated rings. The van der Waals surface area contributed by atoms with Crippen molar-refractivity contribution in [1.82, 2.24) is 5.32 Å². The van der Waals surface area contributed by atoms with E-state index in [0.29, 0.717) is 12.0 Å². The van der Waals surface area contributed by atoms with Gasteiger partial charge in [0.15, 0.2) is 0 Å². The van der Waals surface area contributed by atoms with Crippen molar-refractivity contribution in [1.29, 1.82) is 0 Å². The molecule has 0 radical (unpaired) electrons. The van der Waals surface area contributed by atoms with Crippen LogP contribution >= 0.6 is 11.6 Å². The first-order valence-corrected chi connectivity index (χ1v) is 6.73. The molecule has 2 aromatic carbocycles. The number of hydrogen-bond donors (Lipinski definition) is 1. The first-order valence-electron chi connectivity index (χ1n) is 6.36. The Hall–Kier alpha value is -1.31. The largest absolute Gasteiger partial charge is 0.309 e. The van der Waals surface area contributed by atoms with Crippen molar-refractivity contribution in [3.05, 3.63) is 70.7 Å². The third kappa shape index (κ3) is 2.74. The van der Waals surface area contributed by atoms with E-state index < -0.39 is 0 Å². The van der Waals surface area contributed by atoms with Crippen molar-refractivity contribution < 1.29 is 0 Å². The van der Waals surface area contributed by atoms with Gasteiger partial charge in [-0.3, -0.25) is 0 Å². The van der Waals surface area contributed by atoms with Gasteiger partial charge in [0, 0.05) is 23.5 Å². The zero-order valence-electron chi connectivity index (χ0n) is 10.1. The Morgan fingerprint density at radius 3 is 2.44 bits per heavy atom. The van der Waals surface area contributed by atoms with Gasteiger partial charge in [-0.05, 0) is 29.7 Å². The first kappa shape index (κ1) is 11.8. The predicted molar refractivity (Wildman–Crippen MR) is 75.9 cm³/mol. The second kappa shape index (κ2) is 5.13. The van der Waals surface area contributed by atoms with Crippen LogP contribution in [0.1, 0.15) is 23.5 Å². The third-order valence-corrected chi connectivity index (χ3v) is 3.75. The minimum Gasteiger partial charge on any atom is -0.309 e. The van der Waals surface area contributed by atoms with Crippen LogP contribution in [-0.2, 0) is 6.54 Å². The minimum atomic E-state index is 0.628. The van der Waals surface area contributed by atoms with Gasteiger partial charge in [0.05, 0.1) is 0 Å². The van der Waals surface area contributed by atoms with E-state index >= 15 is 0 Å². The summed E-state index contributed by atoms with van der Waals surface area (Å²) in [5.41, 5.74) is 2.74. The van der Waals surface area contributed by atoms with Crippen molar-refractivity contribution in [2.24, 2.45) is 0 Å². The standard InChI is InChI=1S/C16H16ClN/c17-14-8-6-12(7-9-14)11-18-16-10-15(16)13-4-2-1-3-5-13/h1-9,15-16,18H,10-11H2/t15-,16+/m1/s1. The zero-order chi connectivity index (χ0) is 12.4. The summed E-state index contributed by atoms with van der Waals surface area (Å²) in [6.45, 7) is 0.922. The molecule has 0 bridgehead atoms. The molecule has 92 valence electrons. The lowest BCUT2D eigenvalue weighted by atomic mass is 10.1. The number of nitrogens with one attached hydrogen (secondary N) is 1. The Balaban J connectivity index is 1.53. The zero-order valence-corrected chi connectivity index (χ0v) is 10.9. The average Bonchev–Trinajstić information content (AvgIpc) is 3.19. The molecular weight excluding hydrogens is 242 g/mol. The van der Waals surface area contributed by atoms with Crippen LogP contribution in [0.3, 0.4) is 0 Å². The van der Waals surface area contributed by atoms with Crippen molar-refractivity contribution in [3.63, 3.8) is 0 Å². The van der Waals surface area contributed by atoms with Crippen LogP contribution in [0.5, 0.6) is 0 Å². The fourth-order valence-electron chi connectivity index (χ4n) is 2.34. The maximum absolute atomic E-state index is 5.87. The molecule has 0 spiro atoms. The third-order valence-electron chi connectivity index (χ3n) is 3.50. The molecule has 2 atom stereocenters. The molecule has 2 heteroatoms. The lowest BCUT2D eigenvalue weighted by Gasteiger charge is -2.05. The van der Waals surface area contributed by atoms with Crippen molar-refractivity contribution in [2.45, 2.75) is 24.9 Å². The van der Waals surface area contributed by atoms with Gasteiger partial charge in [-0.2, -0.15) is 0 Å².